The molecule has 0 N–H and O–H groups in total. The molecule has 2 atom stereocenters. The first kappa shape index (κ1) is 26.1. The van der Waals surface area contributed by atoms with Gasteiger partial charge in [-0.1, -0.05) is 62.7 Å². The van der Waals surface area contributed by atoms with E-state index >= 15 is 0 Å². The molecular formula is C31H33NO5. The minimum absolute atomic E-state index is 0.0443. The van der Waals surface area contributed by atoms with E-state index in [1.807, 2.05) is 31.2 Å². The highest BCUT2D eigenvalue weighted by Gasteiger charge is 2.37. The number of ether oxygens (including phenoxy) is 2. The number of benzene rings is 3. The van der Waals surface area contributed by atoms with Crippen LogP contribution in [0.2, 0.25) is 0 Å². The number of carbonyl (C=O) groups is 3. The first-order valence-electron chi connectivity index (χ1n) is 12.5. The number of hydrogen-bond acceptors (Lipinski definition) is 5. The largest absolute Gasteiger partial charge is 0.457 e. The number of Topliss-reactive ketones (excluding diaryl/α,β-unsaturated/α-hetero) is 1. The second-order valence-corrected chi connectivity index (χ2v) is 10.6. The molecule has 6 nitrogen and oxygen atoms in total. The van der Waals surface area contributed by atoms with Gasteiger partial charge in [-0.25, -0.2) is 0 Å². The lowest BCUT2D eigenvalue weighted by Crippen LogP contribution is -2.30. The standard InChI is InChI=1S/C31H33NO5/c1-20-6-8-22(9-7-20)29(34)21(2)36-30(35)23-18-28(33)32(19-23)25-12-16-27(17-13-25)37-26-14-10-24(11-15-26)31(3,4)5/h6-17,21,23H,18-19H2,1-5H3/t21-,23+/m0/s1. The molecule has 0 aromatic heterocycles. The highest BCUT2D eigenvalue weighted by Crippen LogP contribution is 2.30. The zero-order chi connectivity index (χ0) is 26.7. The highest BCUT2D eigenvalue weighted by atomic mass is 16.5. The molecule has 0 spiro atoms. The van der Waals surface area contributed by atoms with Crippen LogP contribution in [-0.2, 0) is 19.7 Å². The zero-order valence-corrected chi connectivity index (χ0v) is 22.0. The fraction of sp³-hybridized carbons (Fsp3) is 0.323. The van der Waals surface area contributed by atoms with E-state index in [1.165, 1.54) is 5.56 Å². The second kappa shape index (κ2) is 10.6. The average molecular weight is 500 g/mol. The summed E-state index contributed by atoms with van der Waals surface area (Å²) in [6, 6.07) is 22.3. The number of rotatable bonds is 7. The summed E-state index contributed by atoms with van der Waals surface area (Å²) < 4.78 is 11.4. The summed E-state index contributed by atoms with van der Waals surface area (Å²) in [5.41, 5.74) is 3.51. The SMILES string of the molecule is Cc1ccc(C(=O)[C@H](C)OC(=O)[C@@H]2CC(=O)N(c3ccc(Oc4ccc(C(C)(C)C)cc4)cc3)C2)cc1. The maximum Gasteiger partial charge on any atom is 0.312 e. The predicted molar refractivity (Wildman–Crippen MR) is 143 cm³/mol. The van der Waals surface area contributed by atoms with E-state index in [0.717, 1.165) is 11.3 Å². The Balaban J connectivity index is 1.34. The summed E-state index contributed by atoms with van der Waals surface area (Å²) in [6.45, 7) is 10.2. The molecule has 1 fully saturated rings. The van der Waals surface area contributed by atoms with Crippen molar-refractivity contribution in [1.29, 1.82) is 0 Å². The van der Waals surface area contributed by atoms with Crippen molar-refractivity contribution in [3.63, 3.8) is 0 Å². The molecule has 1 aliphatic heterocycles. The summed E-state index contributed by atoms with van der Waals surface area (Å²) in [7, 11) is 0. The van der Waals surface area contributed by atoms with Gasteiger partial charge >= 0.3 is 5.97 Å². The van der Waals surface area contributed by atoms with Gasteiger partial charge in [0.15, 0.2) is 6.10 Å². The first-order valence-corrected chi connectivity index (χ1v) is 12.5. The third-order valence-electron chi connectivity index (χ3n) is 6.56. The molecule has 4 rings (SSSR count). The van der Waals surface area contributed by atoms with Gasteiger partial charge in [0.25, 0.3) is 0 Å². The van der Waals surface area contributed by atoms with Crippen LogP contribution in [0.15, 0.2) is 72.8 Å². The topological polar surface area (TPSA) is 72.9 Å². The van der Waals surface area contributed by atoms with E-state index in [-0.39, 0.29) is 30.1 Å². The number of nitrogens with zero attached hydrogens (tertiary/aromatic N) is 1. The molecule has 3 aromatic rings. The lowest BCUT2D eigenvalue weighted by molar-refractivity contribution is -0.151. The first-order chi connectivity index (χ1) is 17.5. The van der Waals surface area contributed by atoms with E-state index in [4.69, 9.17) is 9.47 Å². The molecule has 6 heteroatoms. The Bertz CT molecular complexity index is 1270. The average Bonchev–Trinajstić information content (AvgIpc) is 3.26. The molecule has 0 saturated carbocycles. The number of aryl methyl sites for hydroxylation is 1. The molecule has 1 amide bonds. The molecule has 0 radical (unpaired) electrons. The van der Waals surface area contributed by atoms with E-state index in [0.29, 0.717) is 17.0 Å². The van der Waals surface area contributed by atoms with Gasteiger partial charge in [0.1, 0.15) is 11.5 Å². The van der Waals surface area contributed by atoms with Crippen molar-refractivity contribution in [1.82, 2.24) is 0 Å². The van der Waals surface area contributed by atoms with Crippen molar-refractivity contribution in [2.24, 2.45) is 5.92 Å². The lowest BCUT2D eigenvalue weighted by Gasteiger charge is -2.19. The van der Waals surface area contributed by atoms with Gasteiger partial charge in [0, 0.05) is 24.2 Å². The molecule has 192 valence electrons. The second-order valence-electron chi connectivity index (χ2n) is 10.6. The van der Waals surface area contributed by atoms with Gasteiger partial charge < -0.3 is 14.4 Å². The van der Waals surface area contributed by atoms with Crippen molar-refractivity contribution in [2.75, 3.05) is 11.4 Å². The Hall–Kier alpha value is -3.93. The van der Waals surface area contributed by atoms with Crippen molar-refractivity contribution in [3.05, 3.63) is 89.5 Å². The molecule has 37 heavy (non-hydrogen) atoms. The summed E-state index contributed by atoms with van der Waals surface area (Å²) in [6.07, 6.45) is -0.879. The molecule has 0 aliphatic carbocycles. The normalized spacial score (nSPS) is 16.4. The van der Waals surface area contributed by atoms with Gasteiger partial charge in [0.2, 0.25) is 11.7 Å². The monoisotopic (exact) mass is 499 g/mol. The van der Waals surface area contributed by atoms with Crippen LogP contribution >= 0.6 is 0 Å². The van der Waals surface area contributed by atoms with Crippen LogP contribution < -0.4 is 9.64 Å². The third kappa shape index (κ3) is 6.26. The van der Waals surface area contributed by atoms with Gasteiger partial charge in [-0.15, -0.1) is 0 Å². The molecule has 0 unspecified atom stereocenters. The van der Waals surface area contributed by atoms with Gasteiger partial charge in [0.05, 0.1) is 5.92 Å². The fourth-order valence-electron chi connectivity index (χ4n) is 4.24. The molecule has 1 heterocycles. The van der Waals surface area contributed by atoms with Crippen LogP contribution in [0.1, 0.15) is 55.6 Å². The summed E-state index contributed by atoms with van der Waals surface area (Å²) >= 11 is 0. The Labute approximate surface area is 218 Å². The van der Waals surface area contributed by atoms with E-state index in [2.05, 4.69) is 32.9 Å². The molecule has 3 aromatic carbocycles. The predicted octanol–water partition coefficient (Wildman–Crippen LogP) is 6.25. The quantitative estimate of drug-likeness (QED) is 0.284. The zero-order valence-electron chi connectivity index (χ0n) is 22.0. The smallest absolute Gasteiger partial charge is 0.312 e. The van der Waals surface area contributed by atoms with Crippen LogP contribution in [0.3, 0.4) is 0 Å². The summed E-state index contributed by atoms with van der Waals surface area (Å²) in [5.74, 6) is -0.210. The van der Waals surface area contributed by atoms with Crippen molar-refractivity contribution >= 4 is 23.3 Å². The number of carbonyl (C=O) groups excluding carboxylic acids is 3. The van der Waals surface area contributed by atoms with Crippen LogP contribution in [0.4, 0.5) is 5.69 Å². The number of esters is 1. The van der Waals surface area contributed by atoms with Gasteiger partial charge in [-0.3, -0.25) is 14.4 Å². The number of amides is 1. The van der Waals surface area contributed by atoms with Gasteiger partial charge in [-0.2, -0.15) is 0 Å². The van der Waals surface area contributed by atoms with Crippen molar-refractivity contribution in [3.8, 4) is 11.5 Å². The Morgan fingerprint density at radius 2 is 1.46 bits per heavy atom. The van der Waals surface area contributed by atoms with Crippen molar-refractivity contribution in [2.45, 2.75) is 52.6 Å². The van der Waals surface area contributed by atoms with E-state index < -0.39 is 18.0 Å². The Kier molecular flexibility index (Phi) is 7.48. The Morgan fingerprint density at radius 1 is 0.892 bits per heavy atom. The number of anilines is 1. The molecule has 1 saturated heterocycles. The minimum atomic E-state index is -0.923. The number of hydrogen-bond donors (Lipinski definition) is 0. The summed E-state index contributed by atoms with van der Waals surface area (Å²) in [5, 5.41) is 0. The van der Waals surface area contributed by atoms with Crippen LogP contribution in [-0.4, -0.2) is 30.3 Å². The molecular weight excluding hydrogens is 466 g/mol. The van der Waals surface area contributed by atoms with Gasteiger partial charge in [-0.05, 0) is 61.2 Å². The van der Waals surface area contributed by atoms with Crippen molar-refractivity contribution < 1.29 is 23.9 Å². The van der Waals surface area contributed by atoms with Crippen LogP contribution in [0, 0.1) is 12.8 Å². The van der Waals surface area contributed by atoms with E-state index in [1.54, 1.807) is 48.2 Å². The molecule has 1 aliphatic rings. The number of ketones is 1. The maximum absolute atomic E-state index is 12.7. The minimum Gasteiger partial charge on any atom is -0.457 e. The fourth-order valence-corrected chi connectivity index (χ4v) is 4.24. The summed E-state index contributed by atoms with van der Waals surface area (Å²) in [4.78, 5) is 39.6. The Morgan fingerprint density at radius 3 is 2.03 bits per heavy atom. The highest BCUT2D eigenvalue weighted by molar-refractivity contribution is 6.02. The lowest BCUT2D eigenvalue weighted by atomic mass is 9.87. The van der Waals surface area contributed by atoms with Crippen LogP contribution in [0.25, 0.3) is 0 Å². The van der Waals surface area contributed by atoms with E-state index in [9.17, 15) is 14.4 Å². The maximum atomic E-state index is 12.7. The molecule has 0 bridgehead atoms. The van der Waals surface area contributed by atoms with Crippen LogP contribution in [0.5, 0.6) is 11.5 Å². The third-order valence-corrected chi connectivity index (χ3v) is 6.56.